The summed E-state index contributed by atoms with van der Waals surface area (Å²) in [5, 5.41) is 0. The summed E-state index contributed by atoms with van der Waals surface area (Å²) in [7, 11) is 1.03. The first-order valence-corrected chi connectivity index (χ1v) is 5.33. The second-order valence-corrected chi connectivity index (χ2v) is 3.49. The van der Waals surface area contributed by atoms with Crippen molar-refractivity contribution in [2.75, 3.05) is 13.7 Å². The minimum Gasteiger partial charge on any atom is -0.481 e. The topological polar surface area (TPSA) is 48.4 Å². The van der Waals surface area contributed by atoms with Gasteiger partial charge < -0.3 is 9.47 Å². The Bertz CT molecular complexity index is 502. The molecule has 4 nitrogen and oxygen atoms in total. The van der Waals surface area contributed by atoms with Crippen LogP contribution in [0.25, 0.3) is 0 Å². The predicted molar refractivity (Wildman–Crippen MR) is 56.7 cm³/mol. The van der Waals surface area contributed by atoms with Gasteiger partial charge >= 0.3 is 12.1 Å². The number of esters is 1. The molecule has 0 amide bonds. The Morgan fingerprint density at radius 1 is 1.40 bits per heavy atom. The van der Waals surface area contributed by atoms with Crippen LogP contribution < -0.4 is 4.74 Å². The normalized spacial score (nSPS) is 11.6. The lowest BCUT2D eigenvalue weighted by Gasteiger charge is -2.16. The van der Waals surface area contributed by atoms with E-state index in [4.69, 9.17) is 0 Å². The third-order valence-corrected chi connectivity index (χ3v) is 2.22. The van der Waals surface area contributed by atoms with Crippen molar-refractivity contribution in [3.8, 4) is 5.88 Å². The summed E-state index contributed by atoms with van der Waals surface area (Å²) in [6.07, 6.45) is -8.69. The van der Waals surface area contributed by atoms with E-state index in [1.165, 1.54) is 6.92 Å². The fourth-order valence-electron chi connectivity index (χ4n) is 1.47. The molecule has 0 aromatic carbocycles. The number of hydrogen-bond acceptors (Lipinski definition) is 4. The minimum absolute atomic E-state index is 0.204. The van der Waals surface area contributed by atoms with Crippen LogP contribution in [0, 0.1) is 0 Å². The SMILES string of the molecule is CCOC(=O)c1cc(OC)nc(C(F)F)c1C(F)(F)F. The van der Waals surface area contributed by atoms with Gasteiger partial charge in [0.05, 0.1) is 24.8 Å². The quantitative estimate of drug-likeness (QED) is 0.632. The van der Waals surface area contributed by atoms with Crippen LogP contribution in [-0.2, 0) is 10.9 Å². The molecule has 0 unspecified atom stereocenters. The summed E-state index contributed by atoms with van der Waals surface area (Å²) in [4.78, 5) is 14.6. The monoisotopic (exact) mass is 299 g/mol. The molecule has 0 aliphatic heterocycles. The minimum atomic E-state index is -5.17. The highest BCUT2D eigenvalue weighted by atomic mass is 19.4. The summed E-state index contributed by atoms with van der Waals surface area (Å²) in [6.45, 7) is 1.17. The number of methoxy groups -OCH3 is 1. The third kappa shape index (κ3) is 3.34. The molecule has 0 atom stereocenters. The van der Waals surface area contributed by atoms with Crippen LogP contribution in [0.4, 0.5) is 22.0 Å². The van der Waals surface area contributed by atoms with Crippen LogP contribution in [0.15, 0.2) is 6.07 Å². The Morgan fingerprint density at radius 2 is 2.00 bits per heavy atom. The summed E-state index contributed by atoms with van der Waals surface area (Å²) < 4.78 is 73.1. The summed E-state index contributed by atoms with van der Waals surface area (Å²) in [5.74, 6) is -1.90. The van der Waals surface area contributed by atoms with E-state index in [-0.39, 0.29) is 6.61 Å². The van der Waals surface area contributed by atoms with Crippen LogP contribution in [0.3, 0.4) is 0 Å². The zero-order chi connectivity index (χ0) is 15.5. The first-order chi connectivity index (χ1) is 9.22. The first-order valence-electron chi connectivity index (χ1n) is 5.33. The van der Waals surface area contributed by atoms with Gasteiger partial charge in [0.25, 0.3) is 6.43 Å². The van der Waals surface area contributed by atoms with Gasteiger partial charge in [-0.2, -0.15) is 13.2 Å². The van der Waals surface area contributed by atoms with Gasteiger partial charge in [0.2, 0.25) is 5.88 Å². The van der Waals surface area contributed by atoms with Crippen LogP contribution in [0.1, 0.15) is 35.0 Å². The van der Waals surface area contributed by atoms with Gasteiger partial charge in [0.15, 0.2) is 0 Å². The molecule has 0 saturated heterocycles. The second-order valence-electron chi connectivity index (χ2n) is 3.49. The van der Waals surface area contributed by atoms with Crippen molar-refractivity contribution in [2.24, 2.45) is 0 Å². The van der Waals surface area contributed by atoms with Crippen molar-refractivity contribution in [3.05, 3.63) is 22.9 Å². The molecule has 0 aliphatic carbocycles. The number of aromatic nitrogens is 1. The highest BCUT2D eigenvalue weighted by molar-refractivity contribution is 5.92. The number of nitrogens with zero attached hydrogens (tertiary/aromatic N) is 1. The average molecular weight is 299 g/mol. The Kier molecular flexibility index (Phi) is 4.85. The van der Waals surface area contributed by atoms with E-state index in [1.807, 2.05) is 0 Å². The number of alkyl halides is 5. The lowest BCUT2D eigenvalue weighted by Crippen LogP contribution is -2.19. The van der Waals surface area contributed by atoms with E-state index in [1.54, 1.807) is 0 Å². The largest absolute Gasteiger partial charge is 0.481 e. The molecule has 0 radical (unpaired) electrons. The molecule has 20 heavy (non-hydrogen) atoms. The molecule has 112 valence electrons. The molecule has 1 heterocycles. The van der Waals surface area contributed by atoms with Gasteiger partial charge in [0, 0.05) is 6.07 Å². The van der Waals surface area contributed by atoms with Crippen LogP contribution >= 0.6 is 0 Å². The summed E-state index contributed by atoms with van der Waals surface area (Å²) in [6, 6.07) is 0.618. The molecule has 1 aromatic heterocycles. The Morgan fingerprint density at radius 3 is 2.40 bits per heavy atom. The van der Waals surface area contributed by atoms with E-state index >= 15 is 0 Å². The Labute approximate surface area is 110 Å². The Hall–Kier alpha value is -1.93. The molecule has 0 spiro atoms. The summed E-state index contributed by atoms with van der Waals surface area (Å²) >= 11 is 0. The number of ether oxygens (including phenoxy) is 2. The predicted octanol–water partition coefficient (Wildman–Crippen LogP) is 3.22. The molecule has 9 heteroatoms. The third-order valence-electron chi connectivity index (χ3n) is 2.22. The van der Waals surface area contributed by atoms with Crippen LogP contribution in [-0.4, -0.2) is 24.7 Å². The number of pyridine rings is 1. The van der Waals surface area contributed by atoms with Gasteiger partial charge in [0.1, 0.15) is 5.69 Å². The summed E-state index contributed by atoms with van der Waals surface area (Å²) in [5.41, 5.74) is -4.44. The van der Waals surface area contributed by atoms with Crippen LogP contribution in [0.2, 0.25) is 0 Å². The number of carbonyl (C=O) groups excluding carboxylic acids is 1. The highest BCUT2D eigenvalue weighted by Gasteiger charge is 2.42. The molecule has 0 aliphatic rings. The van der Waals surface area contributed by atoms with Gasteiger partial charge in [-0.1, -0.05) is 0 Å². The van der Waals surface area contributed by atoms with Gasteiger partial charge in [-0.15, -0.1) is 0 Å². The maximum Gasteiger partial charge on any atom is 0.419 e. The molecular formula is C11H10F5NO3. The fourth-order valence-corrected chi connectivity index (χ4v) is 1.47. The molecule has 1 aromatic rings. The standard InChI is InChI=1S/C11H10F5NO3/c1-3-20-10(18)5-4-6(19-2)17-8(9(12)13)7(5)11(14,15)16/h4,9H,3H2,1-2H3. The lowest BCUT2D eigenvalue weighted by atomic mass is 10.1. The maximum absolute atomic E-state index is 12.9. The van der Waals surface area contributed by atoms with Crippen LogP contribution in [0.5, 0.6) is 5.88 Å². The molecule has 0 N–H and O–H groups in total. The molecule has 0 saturated carbocycles. The van der Waals surface area contributed by atoms with E-state index < -0.39 is 41.3 Å². The molecule has 0 bridgehead atoms. The van der Waals surface area contributed by atoms with E-state index in [2.05, 4.69) is 14.5 Å². The molecule has 0 fully saturated rings. The Balaban J connectivity index is 3.60. The van der Waals surface area contributed by atoms with E-state index in [0.29, 0.717) is 6.07 Å². The van der Waals surface area contributed by atoms with Crippen molar-refractivity contribution in [2.45, 2.75) is 19.5 Å². The van der Waals surface area contributed by atoms with Gasteiger partial charge in [-0.3, -0.25) is 0 Å². The smallest absolute Gasteiger partial charge is 0.419 e. The average Bonchev–Trinajstić information content (AvgIpc) is 2.36. The number of carbonyl (C=O) groups is 1. The zero-order valence-corrected chi connectivity index (χ0v) is 10.4. The van der Waals surface area contributed by atoms with E-state index in [9.17, 15) is 26.7 Å². The van der Waals surface area contributed by atoms with Gasteiger partial charge in [-0.05, 0) is 6.92 Å². The molecule has 1 rings (SSSR count). The van der Waals surface area contributed by atoms with Crippen molar-refractivity contribution in [1.29, 1.82) is 0 Å². The zero-order valence-electron chi connectivity index (χ0n) is 10.4. The van der Waals surface area contributed by atoms with E-state index in [0.717, 1.165) is 7.11 Å². The second kappa shape index (κ2) is 6.02. The van der Waals surface area contributed by atoms with Gasteiger partial charge in [-0.25, -0.2) is 18.6 Å². The lowest BCUT2D eigenvalue weighted by molar-refractivity contribution is -0.140. The van der Waals surface area contributed by atoms with Crippen molar-refractivity contribution in [3.63, 3.8) is 0 Å². The van der Waals surface area contributed by atoms with Crippen molar-refractivity contribution < 1.29 is 36.2 Å². The molecular weight excluding hydrogens is 289 g/mol. The van der Waals surface area contributed by atoms with Crippen molar-refractivity contribution in [1.82, 2.24) is 4.98 Å². The first kappa shape index (κ1) is 16.1. The number of rotatable bonds is 4. The number of halogens is 5. The highest BCUT2D eigenvalue weighted by Crippen LogP contribution is 2.39. The van der Waals surface area contributed by atoms with Crippen molar-refractivity contribution >= 4 is 5.97 Å². The number of hydrogen-bond donors (Lipinski definition) is 0. The fraction of sp³-hybridized carbons (Fsp3) is 0.455. The maximum atomic E-state index is 12.9.